The van der Waals surface area contributed by atoms with Crippen molar-refractivity contribution in [2.24, 2.45) is 5.92 Å². The molecule has 6 rings (SSSR count). The molecule has 2 aromatic carbocycles. The summed E-state index contributed by atoms with van der Waals surface area (Å²) in [6, 6.07) is 23.9. The van der Waals surface area contributed by atoms with Crippen molar-refractivity contribution < 1.29 is 4.79 Å². The van der Waals surface area contributed by atoms with Crippen LogP contribution < -0.4 is 10.9 Å². The first kappa shape index (κ1) is 19.3. The average Bonchev–Trinajstić information content (AvgIpc) is 3.24. The van der Waals surface area contributed by atoms with Crippen LogP contribution in [0.15, 0.2) is 77.6 Å². The number of likely N-dealkylation sites (tertiary alicyclic amines) is 1. The molecule has 2 aliphatic heterocycles. The summed E-state index contributed by atoms with van der Waals surface area (Å²) in [7, 11) is 0. The SMILES string of the molecule is O=C(Nc1ccccc1)N1C[C@@H]2C[C@H](C1)c1ccc(-c3cc4ccccc4s3)c(=O)n1C2. The second-order valence-corrected chi connectivity index (χ2v) is 9.82. The molecule has 0 saturated carbocycles. The average molecular weight is 442 g/mol. The number of hydrogen-bond acceptors (Lipinski definition) is 3. The van der Waals surface area contributed by atoms with Gasteiger partial charge in [0.05, 0.1) is 5.56 Å². The zero-order valence-electron chi connectivity index (χ0n) is 17.5. The minimum Gasteiger partial charge on any atom is -0.324 e. The number of nitrogens with one attached hydrogen (secondary N) is 1. The number of hydrogen-bond donors (Lipinski definition) is 1. The molecule has 160 valence electrons. The summed E-state index contributed by atoms with van der Waals surface area (Å²) < 4.78 is 3.16. The number of nitrogens with zero attached hydrogens (tertiary/aromatic N) is 2. The van der Waals surface area contributed by atoms with E-state index in [-0.39, 0.29) is 23.4 Å². The van der Waals surface area contributed by atoms with Crippen molar-refractivity contribution in [3.63, 3.8) is 0 Å². The van der Waals surface area contributed by atoms with Crippen LogP contribution in [-0.2, 0) is 6.54 Å². The van der Waals surface area contributed by atoms with Crippen LogP contribution in [-0.4, -0.2) is 28.6 Å². The zero-order valence-corrected chi connectivity index (χ0v) is 18.3. The Morgan fingerprint density at radius 1 is 0.938 bits per heavy atom. The van der Waals surface area contributed by atoms with E-state index in [9.17, 15) is 9.59 Å². The van der Waals surface area contributed by atoms with Crippen LogP contribution in [0.4, 0.5) is 10.5 Å². The number of piperidine rings is 1. The number of carbonyl (C=O) groups is 1. The monoisotopic (exact) mass is 441 g/mol. The second kappa shape index (κ2) is 7.64. The topological polar surface area (TPSA) is 54.3 Å². The number of rotatable bonds is 2. The van der Waals surface area contributed by atoms with E-state index in [0.717, 1.165) is 28.2 Å². The van der Waals surface area contributed by atoms with Gasteiger partial charge in [0, 0.05) is 46.5 Å². The van der Waals surface area contributed by atoms with Gasteiger partial charge < -0.3 is 14.8 Å². The third-order valence-corrected chi connectivity index (χ3v) is 7.76. The second-order valence-electron chi connectivity index (χ2n) is 8.74. The molecule has 2 aliphatic rings. The Labute approximate surface area is 189 Å². The summed E-state index contributed by atoms with van der Waals surface area (Å²) in [6.45, 7) is 1.98. The molecule has 0 aliphatic carbocycles. The maximum atomic E-state index is 13.5. The quantitative estimate of drug-likeness (QED) is 0.454. The molecule has 1 N–H and O–H groups in total. The molecule has 0 radical (unpaired) electrons. The van der Waals surface area contributed by atoms with Gasteiger partial charge in [-0.15, -0.1) is 11.3 Å². The van der Waals surface area contributed by atoms with Crippen LogP contribution in [0.25, 0.3) is 20.5 Å². The lowest BCUT2D eigenvalue weighted by Gasteiger charge is -2.42. The highest BCUT2D eigenvalue weighted by Gasteiger charge is 2.36. The highest BCUT2D eigenvalue weighted by Crippen LogP contribution is 2.37. The van der Waals surface area contributed by atoms with Gasteiger partial charge in [0.1, 0.15) is 0 Å². The number of anilines is 1. The Hall–Kier alpha value is -3.38. The molecule has 0 unspecified atom stereocenters. The van der Waals surface area contributed by atoms with Gasteiger partial charge in [-0.2, -0.15) is 0 Å². The molecule has 2 atom stereocenters. The molecular weight excluding hydrogens is 418 g/mol. The lowest BCUT2D eigenvalue weighted by Crippen LogP contribution is -2.50. The largest absolute Gasteiger partial charge is 0.324 e. The number of benzene rings is 2. The van der Waals surface area contributed by atoms with Crippen LogP contribution in [0.1, 0.15) is 18.0 Å². The summed E-state index contributed by atoms with van der Waals surface area (Å²) >= 11 is 1.67. The van der Waals surface area contributed by atoms with Gasteiger partial charge in [0.2, 0.25) is 0 Å². The van der Waals surface area contributed by atoms with Gasteiger partial charge in [0.25, 0.3) is 5.56 Å². The van der Waals surface area contributed by atoms with Gasteiger partial charge in [-0.25, -0.2) is 4.79 Å². The van der Waals surface area contributed by atoms with Crippen LogP contribution in [0, 0.1) is 5.92 Å². The van der Waals surface area contributed by atoms with Crippen LogP contribution in [0.5, 0.6) is 0 Å². The van der Waals surface area contributed by atoms with E-state index in [1.807, 2.05) is 58.0 Å². The fraction of sp³-hybridized carbons (Fsp3) is 0.231. The van der Waals surface area contributed by atoms with Gasteiger partial charge in [-0.05, 0) is 54.1 Å². The Kier molecular flexibility index (Phi) is 4.61. The number of pyridine rings is 1. The van der Waals surface area contributed by atoms with Crippen molar-refractivity contribution >= 4 is 33.1 Å². The summed E-state index contributed by atoms with van der Waals surface area (Å²) in [5, 5.41) is 4.17. The van der Waals surface area contributed by atoms with Gasteiger partial charge in [-0.3, -0.25) is 4.79 Å². The van der Waals surface area contributed by atoms with E-state index in [1.165, 1.54) is 10.1 Å². The molecule has 5 nitrogen and oxygen atoms in total. The van der Waals surface area contributed by atoms with E-state index in [2.05, 4.69) is 29.6 Å². The first-order valence-electron chi connectivity index (χ1n) is 11.0. The Bertz CT molecular complexity index is 1340. The molecule has 0 spiro atoms. The Morgan fingerprint density at radius 2 is 1.75 bits per heavy atom. The predicted octanol–water partition coefficient (Wildman–Crippen LogP) is 5.38. The summed E-state index contributed by atoms with van der Waals surface area (Å²) in [6.07, 6.45) is 1.02. The number of thiophene rings is 1. The van der Waals surface area contributed by atoms with Crippen molar-refractivity contribution in [3.05, 3.63) is 88.8 Å². The molecule has 2 bridgehead atoms. The van der Waals surface area contributed by atoms with Crippen molar-refractivity contribution in [1.29, 1.82) is 0 Å². The fourth-order valence-electron chi connectivity index (χ4n) is 5.14. The van der Waals surface area contributed by atoms with Crippen LogP contribution in [0.2, 0.25) is 0 Å². The maximum absolute atomic E-state index is 13.5. The molecule has 2 amide bonds. The maximum Gasteiger partial charge on any atom is 0.321 e. The molecule has 32 heavy (non-hydrogen) atoms. The van der Waals surface area contributed by atoms with Gasteiger partial charge >= 0.3 is 6.03 Å². The van der Waals surface area contributed by atoms with E-state index >= 15 is 0 Å². The highest BCUT2D eigenvalue weighted by molar-refractivity contribution is 7.22. The van der Waals surface area contributed by atoms with Crippen molar-refractivity contribution in [2.75, 3.05) is 18.4 Å². The normalized spacial score (nSPS) is 19.6. The number of carbonyl (C=O) groups excluding carboxylic acids is 1. The Balaban J connectivity index is 1.29. The van der Waals surface area contributed by atoms with Crippen molar-refractivity contribution in [1.82, 2.24) is 9.47 Å². The van der Waals surface area contributed by atoms with Crippen molar-refractivity contribution in [3.8, 4) is 10.4 Å². The third-order valence-electron chi connectivity index (χ3n) is 6.61. The van der Waals surface area contributed by atoms with Crippen LogP contribution in [0.3, 0.4) is 0 Å². The molecule has 4 heterocycles. The Morgan fingerprint density at radius 3 is 2.59 bits per heavy atom. The van der Waals surface area contributed by atoms with Crippen LogP contribution >= 0.6 is 11.3 Å². The summed E-state index contributed by atoms with van der Waals surface area (Å²) in [4.78, 5) is 29.2. The first-order chi connectivity index (χ1) is 15.7. The summed E-state index contributed by atoms with van der Waals surface area (Å²) in [5.41, 5.74) is 2.71. The fourth-order valence-corrected chi connectivity index (χ4v) is 6.22. The standard InChI is InChI=1S/C26H23N3O2S/c30-25-21(24-13-18-6-4-5-9-23(18)32-24)10-11-22-19-12-17(15-29(22)25)14-28(16-19)26(31)27-20-7-2-1-3-8-20/h1-11,13,17,19H,12,14-16H2,(H,27,31)/t17-,19+/m0/s1. The van der Waals surface area contributed by atoms with E-state index in [0.29, 0.717) is 19.6 Å². The lowest BCUT2D eigenvalue weighted by atomic mass is 9.83. The third kappa shape index (κ3) is 3.31. The number of amides is 2. The smallest absolute Gasteiger partial charge is 0.321 e. The van der Waals surface area contributed by atoms with Gasteiger partial charge in [0.15, 0.2) is 0 Å². The van der Waals surface area contributed by atoms with E-state index < -0.39 is 0 Å². The summed E-state index contributed by atoms with van der Waals surface area (Å²) in [5.74, 6) is 0.478. The predicted molar refractivity (Wildman–Crippen MR) is 129 cm³/mol. The van der Waals surface area contributed by atoms with E-state index in [4.69, 9.17) is 0 Å². The molecule has 1 fully saturated rings. The molecular formula is C26H23N3O2S. The van der Waals surface area contributed by atoms with Gasteiger partial charge in [-0.1, -0.05) is 36.4 Å². The molecule has 4 aromatic rings. The lowest BCUT2D eigenvalue weighted by molar-refractivity contribution is 0.139. The number of aromatic nitrogens is 1. The number of para-hydroxylation sites is 1. The van der Waals surface area contributed by atoms with E-state index in [1.54, 1.807) is 11.3 Å². The zero-order chi connectivity index (χ0) is 21.7. The highest BCUT2D eigenvalue weighted by atomic mass is 32.1. The first-order valence-corrected chi connectivity index (χ1v) is 11.8. The van der Waals surface area contributed by atoms with Crippen molar-refractivity contribution in [2.45, 2.75) is 18.9 Å². The molecule has 1 saturated heterocycles. The molecule has 2 aromatic heterocycles. The molecule has 6 heteroatoms. The number of fused-ring (bicyclic) bond motifs is 5. The minimum absolute atomic E-state index is 0.0661. The number of urea groups is 1. The minimum atomic E-state index is -0.0661.